The van der Waals surface area contributed by atoms with E-state index in [1.807, 2.05) is 31.2 Å². The van der Waals surface area contributed by atoms with Gasteiger partial charge in [-0.15, -0.1) is 0 Å². The minimum atomic E-state index is -0.246. The lowest BCUT2D eigenvalue weighted by Gasteiger charge is -2.22. The number of rotatable bonds is 5. The maximum Gasteiger partial charge on any atom is 0.239 e. The van der Waals surface area contributed by atoms with E-state index in [1.165, 1.54) is 0 Å². The van der Waals surface area contributed by atoms with Gasteiger partial charge in [-0.3, -0.25) is 4.79 Å². The number of hydrogen-bond donors (Lipinski definition) is 2. The van der Waals surface area contributed by atoms with Gasteiger partial charge in [0.2, 0.25) is 5.91 Å². The lowest BCUT2D eigenvalue weighted by molar-refractivity contribution is -0.126. The number of hydrogen-bond acceptors (Lipinski definition) is 4. The van der Waals surface area contributed by atoms with Gasteiger partial charge in [-0.05, 0) is 24.6 Å². The Labute approximate surface area is 113 Å². The molecule has 1 heterocycles. The van der Waals surface area contributed by atoms with Crippen LogP contribution in [0.15, 0.2) is 24.3 Å². The van der Waals surface area contributed by atoms with Crippen LogP contribution < -0.4 is 15.4 Å². The van der Waals surface area contributed by atoms with Crippen molar-refractivity contribution in [1.29, 1.82) is 0 Å². The highest BCUT2D eigenvalue weighted by Gasteiger charge is 2.20. The zero-order valence-corrected chi connectivity index (χ0v) is 11.1. The lowest BCUT2D eigenvalue weighted by Crippen LogP contribution is -2.51. The van der Waals surface area contributed by atoms with Crippen LogP contribution in [0.3, 0.4) is 0 Å². The van der Waals surface area contributed by atoms with Gasteiger partial charge in [-0.2, -0.15) is 0 Å². The highest BCUT2D eigenvalue weighted by molar-refractivity contribution is 5.81. The Morgan fingerprint density at radius 2 is 2.47 bits per heavy atom. The fraction of sp³-hybridized carbons (Fsp3) is 0.500. The van der Waals surface area contributed by atoms with Crippen LogP contribution >= 0.6 is 0 Å². The second kappa shape index (κ2) is 7.11. The first-order chi connectivity index (χ1) is 9.29. The van der Waals surface area contributed by atoms with Crippen molar-refractivity contribution >= 4 is 5.91 Å². The van der Waals surface area contributed by atoms with Gasteiger partial charge in [-0.1, -0.05) is 12.1 Å². The Morgan fingerprint density at radius 3 is 3.21 bits per heavy atom. The quantitative estimate of drug-likeness (QED) is 0.821. The van der Waals surface area contributed by atoms with Crippen LogP contribution in [-0.4, -0.2) is 38.3 Å². The third-order valence-corrected chi connectivity index (χ3v) is 2.91. The normalized spacial score (nSPS) is 18.9. The third-order valence-electron chi connectivity index (χ3n) is 2.91. The predicted molar refractivity (Wildman–Crippen MR) is 72.1 cm³/mol. The molecule has 5 heteroatoms. The second-order valence-electron chi connectivity index (χ2n) is 4.38. The first-order valence-corrected chi connectivity index (χ1v) is 6.60. The molecule has 1 aromatic rings. The molecule has 1 unspecified atom stereocenters. The van der Waals surface area contributed by atoms with Gasteiger partial charge in [0, 0.05) is 13.1 Å². The van der Waals surface area contributed by atoms with Crippen molar-refractivity contribution in [3.63, 3.8) is 0 Å². The molecule has 1 fully saturated rings. The molecule has 1 amide bonds. The summed E-state index contributed by atoms with van der Waals surface area (Å²) in [5, 5.41) is 6.03. The molecule has 104 valence electrons. The summed E-state index contributed by atoms with van der Waals surface area (Å²) in [6, 6.07) is 7.49. The predicted octanol–water partition coefficient (Wildman–Crippen LogP) is 0.690. The summed E-state index contributed by atoms with van der Waals surface area (Å²) in [5.74, 6) is 0.801. The van der Waals surface area contributed by atoms with E-state index in [9.17, 15) is 4.79 Å². The van der Waals surface area contributed by atoms with E-state index in [0.29, 0.717) is 26.4 Å². The molecular formula is C14H20N2O3. The molecule has 0 saturated carbocycles. The van der Waals surface area contributed by atoms with E-state index in [2.05, 4.69) is 10.6 Å². The molecule has 0 spiro atoms. The van der Waals surface area contributed by atoms with Gasteiger partial charge < -0.3 is 20.1 Å². The molecule has 1 saturated heterocycles. The van der Waals surface area contributed by atoms with Crippen molar-refractivity contribution in [2.24, 2.45) is 0 Å². The van der Waals surface area contributed by atoms with Crippen molar-refractivity contribution in [2.75, 3.05) is 26.4 Å². The Balaban J connectivity index is 1.83. The van der Waals surface area contributed by atoms with Crippen LogP contribution in [0.25, 0.3) is 0 Å². The van der Waals surface area contributed by atoms with Crippen LogP contribution in [0.5, 0.6) is 5.75 Å². The van der Waals surface area contributed by atoms with Gasteiger partial charge >= 0.3 is 0 Å². The first kappa shape index (κ1) is 13.8. The Kier molecular flexibility index (Phi) is 5.18. The zero-order valence-electron chi connectivity index (χ0n) is 11.1. The van der Waals surface area contributed by atoms with E-state index >= 15 is 0 Å². The summed E-state index contributed by atoms with van der Waals surface area (Å²) < 4.78 is 10.7. The standard InChI is InChI=1S/C14H20N2O3/c1-2-19-12-5-3-4-11(8-12)9-16-14(17)13-10-18-7-6-15-13/h3-5,8,13,15H,2,6-7,9-10H2,1H3,(H,16,17). The average molecular weight is 264 g/mol. The van der Waals surface area contributed by atoms with E-state index < -0.39 is 0 Å². The van der Waals surface area contributed by atoms with Crippen molar-refractivity contribution in [1.82, 2.24) is 10.6 Å². The summed E-state index contributed by atoms with van der Waals surface area (Å²) in [6.45, 7) is 4.91. The van der Waals surface area contributed by atoms with Gasteiger partial charge in [0.05, 0.1) is 19.8 Å². The van der Waals surface area contributed by atoms with Crippen molar-refractivity contribution in [2.45, 2.75) is 19.5 Å². The van der Waals surface area contributed by atoms with Crippen LogP contribution in [0.1, 0.15) is 12.5 Å². The highest BCUT2D eigenvalue weighted by atomic mass is 16.5. The summed E-state index contributed by atoms with van der Waals surface area (Å²) in [7, 11) is 0. The van der Waals surface area contributed by atoms with E-state index in [4.69, 9.17) is 9.47 Å². The minimum Gasteiger partial charge on any atom is -0.494 e. The maximum absolute atomic E-state index is 11.9. The van der Waals surface area contributed by atoms with Gasteiger partial charge in [0.25, 0.3) is 0 Å². The summed E-state index contributed by atoms with van der Waals surface area (Å²) in [4.78, 5) is 11.9. The number of morpholine rings is 1. The molecule has 0 bridgehead atoms. The molecule has 0 aromatic heterocycles. The fourth-order valence-corrected chi connectivity index (χ4v) is 1.96. The zero-order chi connectivity index (χ0) is 13.5. The van der Waals surface area contributed by atoms with E-state index in [0.717, 1.165) is 17.9 Å². The summed E-state index contributed by atoms with van der Waals surface area (Å²) >= 11 is 0. The molecule has 2 N–H and O–H groups in total. The largest absolute Gasteiger partial charge is 0.494 e. The second-order valence-corrected chi connectivity index (χ2v) is 4.38. The highest BCUT2D eigenvalue weighted by Crippen LogP contribution is 2.13. The van der Waals surface area contributed by atoms with Gasteiger partial charge in [0.1, 0.15) is 11.8 Å². The molecule has 1 atom stereocenters. The van der Waals surface area contributed by atoms with Gasteiger partial charge in [0.15, 0.2) is 0 Å². The molecule has 1 aliphatic heterocycles. The lowest BCUT2D eigenvalue weighted by atomic mass is 10.2. The molecule has 1 aromatic carbocycles. The summed E-state index contributed by atoms with van der Waals surface area (Å²) in [6.07, 6.45) is 0. The van der Waals surface area contributed by atoms with Gasteiger partial charge in [-0.25, -0.2) is 0 Å². The Hall–Kier alpha value is -1.59. The Bertz CT molecular complexity index is 417. The van der Waals surface area contributed by atoms with E-state index in [1.54, 1.807) is 0 Å². The minimum absolute atomic E-state index is 0.0264. The fourth-order valence-electron chi connectivity index (χ4n) is 1.96. The SMILES string of the molecule is CCOc1cccc(CNC(=O)C2COCCN2)c1. The molecule has 19 heavy (non-hydrogen) atoms. The third kappa shape index (κ3) is 4.22. The van der Waals surface area contributed by atoms with Crippen molar-refractivity contribution in [3.8, 4) is 5.75 Å². The summed E-state index contributed by atoms with van der Waals surface area (Å²) in [5.41, 5.74) is 1.02. The van der Waals surface area contributed by atoms with Crippen LogP contribution in [0, 0.1) is 0 Å². The topological polar surface area (TPSA) is 59.6 Å². The molecule has 0 radical (unpaired) electrons. The molecule has 0 aliphatic carbocycles. The molecule has 1 aliphatic rings. The number of ether oxygens (including phenoxy) is 2. The monoisotopic (exact) mass is 264 g/mol. The Morgan fingerprint density at radius 1 is 1.58 bits per heavy atom. The molecule has 5 nitrogen and oxygen atoms in total. The number of amides is 1. The number of benzene rings is 1. The number of carbonyl (C=O) groups is 1. The van der Waals surface area contributed by atoms with Crippen LogP contribution in [0.2, 0.25) is 0 Å². The van der Waals surface area contributed by atoms with E-state index in [-0.39, 0.29) is 11.9 Å². The first-order valence-electron chi connectivity index (χ1n) is 6.60. The maximum atomic E-state index is 11.9. The molecule has 2 rings (SSSR count). The molecular weight excluding hydrogens is 244 g/mol. The smallest absolute Gasteiger partial charge is 0.239 e. The number of carbonyl (C=O) groups excluding carboxylic acids is 1. The average Bonchev–Trinajstić information content (AvgIpc) is 2.46. The van der Waals surface area contributed by atoms with Crippen molar-refractivity contribution in [3.05, 3.63) is 29.8 Å². The van der Waals surface area contributed by atoms with Crippen LogP contribution in [0.4, 0.5) is 0 Å². The number of nitrogens with one attached hydrogen (secondary N) is 2. The van der Waals surface area contributed by atoms with Crippen LogP contribution in [-0.2, 0) is 16.1 Å². The van der Waals surface area contributed by atoms with Crippen molar-refractivity contribution < 1.29 is 14.3 Å².